The minimum Gasteiger partial charge on any atom is -0.464 e. The van der Waals surface area contributed by atoms with E-state index in [4.69, 9.17) is 9.47 Å². The molecular formula is C20H23F2NO4. The van der Waals surface area contributed by atoms with E-state index >= 15 is 0 Å². The average Bonchev–Trinajstić information content (AvgIpc) is 2.61. The predicted octanol–water partition coefficient (Wildman–Crippen LogP) is 2.74. The molecule has 1 rings (SSSR count). The van der Waals surface area contributed by atoms with Crippen LogP contribution in [0.3, 0.4) is 0 Å². The highest BCUT2D eigenvalue weighted by Crippen LogP contribution is 2.18. The largest absolute Gasteiger partial charge is 0.464 e. The van der Waals surface area contributed by atoms with Crippen LogP contribution in [-0.2, 0) is 19.1 Å². The minimum atomic E-state index is -1.73. The highest BCUT2D eigenvalue weighted by molar-refractivity contribution is 6.05. The zero-order chi connectivity index (χ0) is 20.3. The van der Waals surface area contributed by atoms with Crippen molar-refractivity contribution in [3.05, 3.63) is 48.1 Å². The Bertz CT molecular complexity index is 699. The second kappa shape index (κ2) is 11.1. The molecule has 1 aromatic carbocycles. The average molecular weight is 379 g/mol. The van der Waals surface area contributed by atoms with Gasteiger partial charge in [0, 0.05) is 24.6 Å². The molecule has 0 aliphatic heterocycles. The summed E-state index contributed by atoms with van der Waals surface area (Å²) in [6, 6.07) is 2.93. The standard InChI is InChI=1S/C20H23F2NO4/c1-4-11-23-20(18(24)26-5-2,19(25)27-6-3)10-8-7-9-15-12-16(21)14-17(22)13-15/h4,12-14,23H,1,5-6,8,10-11H2,2-3H3. The normalized spacial score (nSPS) is 10.5. The van der Waals surface area contributed by atoms with Crippen LogP contribution in [0.25, 0.3) is 0 Å². The van der Waals surface area contributed by atoms with Crippen LogP contribution in [0.15, 0.2) is 30.9 Å². The van der Waals surface area contributed by atoms with E-state index in [1.165, 1.54) is 6.08 Å². The zero-order valence-corrected chi connectivity index (χ0v) is 15.4. The van der Waals surface area contributed by atoms with Gasteiger partial charge in [-0.15, -0.1) is 6.58 Å². The fourth-order valence-electron chi connectivity index (χ4n) is 2.32. The Kier molecular flexibility index (Phi) is 9.17. The monoisotopic (exact) mass is 379 g/mol. The Morgan fingerprint density at radius 3 is 2.19 bits per heavy atom. The number of halogens is 2. The third-order valence-corrected chi connectivity index (χ3v) is 3.52. The molecule has 0 saturated heterocycles. The van der Waals surface area contributed by atoms with Crippen LogP contribution in [0.1, 0.15) is 32.3 Å². The molecule has 0 fully saturated rings. The predicted molar refractivity (Wildman–Crippen MR) is 96.7 cm³/mol. The lowest BCUT2D eigenvalue weighted by Crippen LogP contribution is -2.59. The number of esters is 2. The van der Waals surface area contributed by atoms with Crippen LogP contribution in [-0.4, -0.2) is 37.2 Å². The number of carbonyl (C=O) groups excluding carboxylic acids is 2. The first-order valence-electron chi connectivity index (χ1n) is 8.55. The lowest BCUT2D eigenvalue weighted by Gasteiger charge is -2.29. The Labute approximate surface area is 157 Å². The van der Waals surface area contributed by atoms with E-state index in [-0.39, 0.29) is 38.2 Å². The first kappa shape index (κ1) is 22.3. The van der Waals surface area contributed by atoms with Gasteiger partial charge in [0.1, 0.15) is 11.6 Å². The molecule has 0 spiro atoms. The van der Waals surface area contributed by atoms with Gasteiger partial charge in [0.15, 0.2) is 0 Å². The summed E-state index contributed by atoms with van der Waals surface area (Å²) in [6.07, 6.45) is 1.54. The van der Waals surface area contributed by atoms with Gasteiger partial charge in [0.2, 0.25) is 5.54 Å². The molecular weight excluding hydrogens is 356 g/mol. The molecule has 0 heterocycles. The van der Waals surface area contributed by atoms with Gasteiger partial charge < -0.3 is 9.47 Å². The molecule has 0 aromatic heterocycles. The van der Waals surface area contributed by atoms with Crippen LogP contribution in [0.4, 0.5) is 8.78 Å². The molecule has 1 N–H and O–H groups in total. The minimum absolute atomic E-state index is 0.0384. The van der Waals surface area contributed by atoms with Gasteiger partial charge in [0.05, 0.1) is 13.2 Å². The van der Waals surface area contributed by atoms with Crippen molar-refractivity contribution in [1.82, 2.24) is 5.32 Å². The van der Waals surface area contributed by atoms with Crippen LogP contribution in [0.2, 0.25) is 0 Å². The van der Waals surface area contributed by atoms with Crippen molar-refractivity contribution < 1.29 is 27.8 Å². The van der Waals surface area contributed by atoms with E-state index < -0.39 is 29.1 Å². The van der Waals surface area contributed by atoms with Crippen LogP contribution < -0.4 is 5.32 Å². The molecule has 0 aliphatic carbocycles. The van der Waals surface area contributed by atoms with Crippen molar-refractivity contribution in [2.24, 2.45) is 0 Å². The second-order valence-corrected chi connectivity index (χ2v) is 5.48. The Hall–Kier alpha value is -2.72. The van der Waals surface area contributed by atoms with E-state index in [2.05, 4.69) is 23.7 Å². The lowest BCUT2D eigenvalue weighted by atomic mass is 9.93. The summed E-state index contributed by atoms with van der Waals surface area (Å²) in [7, 11) is 0. The van der Waals surface area contributed by atoms with Crippen LogP contribution in [0, 0.1) is 23.5 Å². The van der Waals surface area contributed by atoms with E-state index in [0.29, 0.717) is 0 Å². The summed E-state index contributed by atoms with van der Waals surface area (Å²) >= 11 is 0. The molecule has 0 aliphatic rings. The van der Waals surface area contributed by atoms with Gasteiger partial charge in [-0.2, -0.15) is 0 Å². The fourth-order valence-corrected chi connectivity index (χ4v) is 2.32. The lowest BCUT2D eigenvalue weighted by molar-refractivity contribution is -0.166. The number of rotatable bonds is 9. The Balaban J connectivity index is 3.04. The van der Waals surface area contributed by atoms with Crippen LogP contribution >= 0.6 is 0 Å². The van der Waals surface area contributed by atoms with E-state index in [0.717, 1.165) is 18.2 Å². The van der Waals surface area contributed by atoms with Crippen molar-refractivity contribution in [2.45, 2.75) is 32.2 Å². The summed E-state index contributed by atoms with van der Waals surface area (Å²) in [6.45, 7) is 7.15. The molecule has 0 bridgehead atoms. The number of hydrogen-bond donors (Lipinski definition) is 1. The highest BCUT2D eigenvalue weighted by Gasteiger charge is 2.47. The molecule has 1 aromatic rings. The molecule has 146 valence electrons. The van der Waals surface area contributed by atoms with Crippen molar-refractivity contribution in [3.8, 4) is 11.8 Å². The quantitative estimate of drug-likeness (QED) is 0.309. The van der Waals surface area contributed by atoms with Gasteiger partial charge >= 0.3 is 11.9 Å². The molecule has 5 nitrogen and oxygen atoms in total. The summed E-state index contributed by atoms with van der Waals surface area (Å²) in [5, 5.41) is 2.81. The first-order valence-corrected chi connectivity index (χ1v) is 8.55. The first-order chi connectivity index (χ1) is 12.9. The maximum atomic E-state index is 13.2. The highest BCUT2D eigenvalue weighted by atomic mass is 19.1. The van der Waals surface area contributed by atoms with Crippen molar-refractivity contribution in [3.63, 3.8) is 0 Å². The zero-order valence-electron chi connectivity index (χ0n) is 15.4. The maximum absolute atomic E-state index is 13.2. The van der Waals surface area contributed by atoms with E-state index in [1.54, 1.807) is 13.8 Å². The van der Waals surface area contributed by atoms with Crippen molar-refractivity contribution in [1.29, 1.82) is 0 Å². The molecule has 0 unspecified atom stereocenters. The summed E-state index contributed by atoms with van der Waals surface area (Å²) in [5.74, 6) is 2.31. The van der Waals surface area contributed by atoms with Crippen LogP contribution in [0.5, 0.6) is 0 Å². The summed E-state index contributed by atoms with van der Waals surface area (Å²) < 4.78 is 36.5. The third-order valence-electron chi connectivity index (χ3n) is 3.52. The maximum Gasteiger partial charge on any atom is 0.338 e. The Morgan fingerprint density at radius 1 is 1.15 bits per heavy atom. The molecule has 0 radical (unpaired) electrons. The topological polar surface area (TPSA) is 64.6 Å². The molecule has 0 amide bonds. The molecule has 27 heavy (non-hydrogen) atoms. The van der Waals surface area contributed by atoms with E-state index in [1.807, 2.05) is 0 Å². The number of hydrogen-bond acceptors (Lipinski definition) is 5. The fraction of sp³-hybridized carbons (Fsp3) is 0.400. The smallest absolute Gasteiger partial charge is 0.338 e. The number of benzene rings is 1. The number of ether oxygens (including phenoxy) is 2. The second-order valence-electron chi connectivity index (χ2n) is 5.48. The molecule has 7 heteroatoms. The van der Waals surface area contributed by atoms with Gasteiger partial charge in [0.25, 0.3) is 0 Å². The SMILES string of the molecule is C=CCNC(CCC#Cc1cc(F)cc(F)c1)(C(=O)OCC)C(=O)OCC. The van der Waals surface area contributed by atoms with Gasteiger partial charge in [-0.25, -0.2) is 18.4 Å². The third kappa shape index (κ3) is 6.50. The number of nitrogens with one attached hydrogen (secondary N) is 1. The Morgan fingerprint density at radius 2 is 1.70 bits per heavy atom. The number of carbonyl (C=O) groups is 2. The molecule has 0 saturated carbocycles. The van der Waals surface area contributed by atoms with Gasteiger partial charge in [-0.3, -0.25) is 5.32 Å². The van der Waals surface area contributed by atoms with Gasteiger partial charge in [-0.1, -0.05) is 17.9 Å². The van der Waals surface area contributed by atoms with E-state index in [9.17, 15) is 18.4 Å². The van der Waals surface area contributed by atoms with Crippen molar-refractivity contribution in [2.75, 3.05) is 19.8 Å². The van der Waals surface area contributed by atoms with Gasteiger partial charge in [-0.05, 0) is 32.4 Å². The summed E-state index contributed by atoms with van der Waals surface area (Å²) in [5.41, 5.74) is -1.58. The molecule has 0 atom stereocenters. The van der Waals surface area contributed by atoms with Crippen molar-refractivity contribution >= 4 is 11.9 Å². The summed E-state index contributed by atoms with van der Waals surface area (Å²) in [4.78, 5) is 24.9.